The van der Waals surface area contributed by atoms with Crippen molar-refractivity contribution in [3.05, 3.63) is 51.7 Å². The molecule has 106 valence electrons. The lowest BCUT2D eigenvalue weighted by molar-refractivity contribution is 0.318. The van der Waals surface area contributed by atoms with E-state index in [0.717, 1.165) is 29.8 Å². The van der Waals surface area contributed by atoms with Gasteiger partial charge >= 0.3 is 0 Å². The first kappa shape index (κ1) is 14.4. The van der Waals surface area contributed by atoms with Gasteiger partial charge in [0, 0.05) is 29.7 Å². The van der Waals surface area contributed by atoms with Gasteiger partial charge in [0.2, 0.25) is 0 Å². The summed E-state index contributed by atoms with van der Waals surface area (Å²) in [7, 11) is 2.07. The molecule has 0 aliphatic heterocycles. The lowest BCUT2D eigenvalue weighted by Gasteiger charge is -2.20. The van der Waals surface area contributed by atoms with Crippen molar-refractivity contribution in [2.45, 2.75) is 13.3 Å². The Morgan fingerprint density at radius 3 is 2.80 bits per heavy atom. The van der Waals surface area contributed by atoms with Gasteiger partial charge in [-0.25, -0.2) is 0 Å². The van der Waals surface area contributed by atoms with E-state index in [4.69, 9.17) is 10.9 Å². The number of benzene rings is 1. The molecule has 20 heavy (non-hydrogen) atoms. The standard InChI is InChI=1S/C15H19N3OS/c1-11-10-12(5-6-14(11)15(16)17-19)18(2)8-7-13-4-3-9-20-13/h3-6,9-10,19H,7-8H2,1-2H3,(H2,16,17). The zero-order valence-electron chi connectivity index (χ0n) is 11.7. The maximum atomic E-state index is 8.73. The monoisotopic (exact) mass is 289 g/mol. The van der Waals surface area contributed by atoms with Gasteiger partial charge in [-0.15, -0.1) is 11.3 Å². The largest absolute Gasteiger partial charge is 0.409 e. The second-order valence-electron chi connectivity index (χ2n) is 4.74. The van der Waals surface area contributed by atoms with Gasteiger partial charge in [0.15, 0.2) is 5.84 Å². The fraction of sp³-hybridized carbons (Fsp3) is 0.267. The average Bonchev–Trinajstić information content (AvgIpc) is 2.97. The first-order chi connectivity index (χ1) is 9.61. The van der Waals surface area contributed by atoms with Crippen LogP contribution in [0.1, 0.15) is 16.0 Å². The molecule has 0 saturated heterocycles. The molecule has 1 aromatic heterocycles. The second-order valence-corrected chi connectivity index (χ2v) is 5.77. The van der Waals surface area contributed by atoms with E-state index < -0.39 is 0 Å². The SMILES string of the molecule is Cc1cc(N(C)CCc2cccs2)ccc1/C(N)=N/O. The van der Waals surface area contributed by atoms with Gasteiger partial charge in [-0.3, -0.25) is 0 Å². The van der Waals surface area contributed by atoms with Gasteiger partial charge in [0.25, 0.3) is 0 Å². The summed E-state index contributed by atoms with van der Waals surface area (Å²) in [5.41, 5.74) is 8.53. The van der Waals surface area contributed by atoms with Gasteiger partial charge in [0.1, 0.15) is 0 Å². The Morgan fingerprint density at radius 2 is 2.20 bits per heavy atom. The van der Waals surface area contributed by atoms with Crippen molar-refractivity contribution in [1.29, 1.82) is 0 Å². The van der Waals surface area contributed by atoms with E-state index in [1.54, 1.807) is 11.3 Å². The molecule has 0 aliphatic carbocycles. The topological polar surface area (TPSA) is 61.8 Å². The number of amidine groups is 1. The Morgan fingerprint density at radius 1 is 1.40 bits per heavy atom. The van der Waals surface area contributed by atoms with Crippen LogP contribution in [0.15, 0.2) is 40.9 Å². The molecule has 2 rings (SSSR count). The molecule has 0 aliphatic rings. The summed E-state index contributed by atoms with van der Waals surface area (Å²) in [4.78, 5) is 3.60. The highest BCUT2D eigenvalue weighted by atomic mass is 32.1. The Balaban J connectivity index is 2.07. The van der Waals surface area contributed by atoms with Crippen LogP contribution in [0.2, 0.25) is 0 Å². The second kappa shape index (κ2) is 6.43. The quantitative estimate of drug-likeness (QED) is 0.385. The zero-order chi connectivity index (χ0) is 14.5. The summed E-state index contributed by atoms with van der Waals surface area (Å²) in [6.45, 7) is 2.92. The summed E-state index contributed by atoms with van der Waals surface area (Å²) < 4.78 is 0. The third kappa shape index (κ3) is 3.30. The molecule has 3 N–H and O–H groups in total. The maximum Gasteiger partial charge on any atom is 0.170 e. The molecule has 0 radical (unpaired) electrons. The number of anilines is 1. The number of likely N-dealkylation sites (N-methyl/N-ethyl adjacent to an activating group) is 1. The van der Waals surface area contributed by atoms with Gasteiger partial charge < -0.3 is 15.8 Å². The minimum atomic E-state index is 0.148. The average molecular weight is 289 g/mol. The Labute approximate surface area is 123 Å². The van der Waals surface area contributed by atoms with Crippen molar-refractivity contribution in [3.8, 4) is 0 Å². The molecule has 0 fully saturated rings. The Kier molecular flexibility index (Phi) is 4.63. The van der Waals surface area contributed by atoms with Crippen LogP contribution in [0.5, 0.6) is 0 Å². The van der Waals surface area contributed by atoms with Gasteiger partial charge in [-0.05, 0) is 48.6 Å². The molecule has 0 bridgehead atoms. The number of aryl methyl sites for hydroxylation is 1. The molecular weight excluding hydrogens is 270 g/mol. The smallest absolute Gasteiger partial charge is 0.170 e. The van der Waals surface area contributed by atoms with E-state index in [0.29, 0.717) is 0 Å². The predicted molar refractivity (Wildman–Crippen MR) is 85.0 cm³/mol. The number of oxime groups is 1. The maximum absolute atomic E-state index is 8.73. The number of hydrogen-bond donors (Lipinski definition) is 2. The summed E-state index contributed by atoms with van der Waals surface area (Å²) in [6, 6.07) is 10.2. The third-order valence-electron chi connectivity index (χ3n) is 3.31. The number of hydrogen-bond acceptors (Lipinski definition) is 4. The van der Waals surface area contributed by atoms with Crippen LogP contribution in [-0.4, -0.2) is 24.6 Å². The number of nitrogens with two attached hydrogens (primary N) is 1. The lowest BCUT2D eigenvalue weighted by atomic mass is 10.1. The summed E-state index contributed by atoms with van der Waals surface area (Å²) >= 11 is 1.79. The minimum Gasteiger partial charge on any atom is -0.409 e. The highest BCUT2D eigenvalue weighted by Gasteiger charge is 2.07. The van der Waals surface area contributed by atoms with E-state index in [2.05, 4.69) is 40.7 Å². The van der Waals surface area contributed by atoms with Crippen LogP contribution >= 0.6 is 11.3 Å². The van der Waals surface area contributed by atoms with Gasteiger partial charge in [-0.1, -0.05) is 11.2 Å². The first-order valence-corrected chi connectivity index (χ1v) is 7.32. The van der Waals surface area contributed by atoms with Crippen LogP contribution in [0.4, 0.5) is 5.69 Å². The van der Waals surface area contributed by atoms with Crippen molar-refractivity contribution in [1.82, 2.24) is 0 Å². The normalized spacial score (nSPS) is 11.6. The third-order valence-corrected chi connectivity index (χ3v) is 4.24. The van der Waals surface area contributed by atoms with Crippen LogP contribution in [0.3, 0.4) is 0 Å². The number of nitrogens with zero attached hydrogens (tertiary/aromatic N) is 2. The molecule has 1 aromatic carbocycles. The number of thiophene rings is 1. The van der Waals surface area contributed by atoms with E-state index in [-0.39, 0.29) is 5.84 Å². The minimum absolute atomic E-state index is 0.148. The molecule has 0 atom stereocenters. The molecule has 0 unspecified atom stereocenters. The molecule has 4 nitrogen and oxygen atoms in total. The molecule has 5 heteroatoms. The summed E-state index contributed by atoms with van der Waals surface area (Å²) in [6.07, 6.45) is 1.04. The van der Waals surface area contributed by atoms with Crippen molar-refractivity contribution < 1.29 is 5.21 Å². The highest BCUT2D eigenvalue weighted by Crippen LogP contribution is 2.19. The molecule has 0 amide bonds. The molecule has 0 spiro atoms. The molecule has 2 aromatic rings. The van der Waals surface area contributed by atoms with Crippen LogP contribution in [0, 0.1) is 6.92 Å². The molecule has 1 heterocycles. The van der Waals surface area contributed by atoms with E-state index in [1.165, 1.54) is 4.88 Å². The van der Waals surface area contributed by atoms with Crippen LogP contribution < -0.4 is 10.6 Å². The summed E-state index contributed by atoms with van der Waals surface area (Å²) in [5.74, 6) is 0.148. The first-order valence-electron chi connectivity index (χ1n) is 6.44. The fourth-order valence-electron chi connectivity index (χ4n) is 2.09. The van der Waals surface area contributed by atoms with Crippen molar-refractivity contribution in [2.75, 3.05) is 18.5 Å². The highest BCUT2D eigenvalue weighted by molar-refractivity contribution is 7.09. The molecule has 0 saturated carbocycles. The van der Waals surface area contributed by atoms with Gasteiger partial charge in [-0.2, -0.15) is 0 Å². The van der Waals surface area contributed by atoms with Crippen molar-refractivity contribution in [2.24, 2.45) is 10.9 Å². The molecular formula is C15H19N3OS. The fourth-order valence-corrected chi connectivity index (χ4v) is 2.79. The van der Waals surface area contributed by atoms with Crippen molar-refractivity contribution in [3.63, 3.8) is 0 Å². The Hall–Kier alpha value is -2.01. The Bertz CT molecular complexity index is 593. The van der Waals surface area contributed by atoms with E-state index in [1.807, 2.05) is 19.1 Å². The van der Waals surface area contributed by atoms with Crippen LogP contribution in [-0.2, 0) is 6.42 Å². The van der Waals surface area contributed by atoms with E-state index >= 15 is 0 Å². The number of rotatable bonds is 5. The summed E-state index contributed by atoms with van der Waals surface area (Å²) in [5, 5.41) is 13.9. The lowest BCUT2D eigenvalue weighted by Crippen LogP contribution is -2.21. The zero-order valence-corrected chi connectivity index (χ0v) is 12.5. The van der Waals surface area contributed by atoms with E-state index in [9.17, 15) is 0 Å². The predicted octanol–water partition coefficient (Wildman–Crippen LogP) is 2.83. The van der Waals surface area contributed by atoms with Crippen LogP contribution in [0.25, 0.3) is 0 Å². The van der Waals surface area contributed by atoms with Gasteiger partial charge in [0.05, 0.1) is 0 Å². The van der Waals surface area contributed by atoms with Crippen molar-refractivity contribution >= 4 is 22.9 Å².